The summed E-state index contributed by atoms with van der Waals surface area (Å²) in [6, 6.07) is 8.00. The van der Waals surface area contributed by atoms with Crippen molar-refractivity contribution in [3.05, 3.63) is 34.3 Å². The van der Waals surface area contributed by atoms with Gasteiger partial charge in [-0.15, -0.1) is 0 Å². The fourth-order valence-electron chi connectivity index (χ4n) is 2.29. The van der Waals surface area contributed by atoms with E-state index in [0.717, 1.165) is 10.9 Å². The van der Waals surface area contributed by atoms with Crippen LogP contribution in [-0.2, 0) is 9.59 Å². The molecule has 4 nitrogen and oxygen atoms in total. The van der Waals surface area contributed by atoms with E-state index in [1.165, 1.54) is 15.4 Å². The van der Waals surface area contributed by atoms with Gasteiger partial charge in [-0.05, 0) is 24.0 Å². The van der Waals surface area contributed by atoms with Crippen molar-refractivity contribution in [1.29, 1.82) is 0 Å². The van der Waals surface area contributed by atoms with E-state index >= 15 is 0 Å². The molecule has 2 atom stereocenters. The number of hydrogen-bond acceptors (Lipinski definition) is 2. The average molecular weight is 339 g/mol. The standard InChI is InChI=1S/C15H19BrN2O2/c1-17(2)14(19)9-18(3)15(20)12-8-11(12)10-6-4-5-7-13(10)16/h4-7,11-12H,8-9H2,1-3H3/t11-,12+/m0/s1. The van der Waals surface area contributed by atoms with Crippen LogP contribution in [0.3, 0.4) is 0 Å². The van der Waals surface area contributed by atoms with Crippen molar-refractivity contribution >= 4 is 27.7 Å². The zero-order valence-electron chi connectivity index (χ0n) is 12.0. The predicted octanol–water partition coefficient (Wildman–Crippen LogP) is 2.10. The Morgan fingerprint density at radius 1 is 1.25 bits per heavy atom. The summed E-state index contributed by atoms with van der Waals surface area (Å²) in [6.07, 6.45) is 0.863. The Hall–Kier alpha value is -1.36. The zero-order chi connectivity index (χ0) is 14.9. The minimum absolute atomic E-state index is 0.00802. The van der Waals surface area contributed by atoms with Crippen LogP contribution in [-0.4, -0.2) is 49.3 Å². The minimum Gasteiger partial charge on any atom is -0.347 e. The van der Waals surface area contributed by atoms with Crippen LogP contribution in [0.25, 0.3) is 0 Å². The first kappa shape index (κ1) is 15.0. The monoisotopic (exact) mass is 338 g/mol. The van der Waals surface area contributed by atoms with E-state index in [0.29, 0.717) is 0 Å². The molecule has 20 heavy (non-hydrogen) atoms. The van der Waals surface area contributed by atoms with Crippen molar-refractivity contribution < 1.29 is 9.59 Å². The number of carbonyl (C=O) groups excluding carboxylic acids is 2. The first-order valence-electron chi connectivity index (χ1n) is 6.61. The first-order valence-corrected chi connectivity index (χ1v) is 7.40. The van der Waals surface area contributed by atoms with Crippen molar-refractivity contribution in [3.63, 3.8) is 0 Å². The Morgan fingerprint density at radius 2 is 1.90 bits per heavy atom. The van der Waals surface area contributed by atoms with E-state index < -0.39 is 0 Å². The lowest BCUT2D eigenvalue weighted by atomic mass is 10.1. The number of hydrogen-bond donors (Lipinski definition) is 0. The second kappa shape index (κ2) is 5.95. The molecule has 1 aromatic rings. The van der Waals surface area contributed by atoms with Crippen LogP contribution in [0, 0.1) is 5.92 Å². The Balaban J connectivity index is 1.96. The molecule has 0 aromatic heterocycles. The Kier molecular flexibility index (Phi) is 4.48. The third kappa shape index (κ3) is 3.20. The number of halogens is 1. The van der Waals surface area contributed by atoms with Gasteiger partial charge in [0.15, 0.2) is 0 Å². The smallest absolute Gasteiger partial charge is 0.241 e. The summed E-state index contributed by atoms with van der Waals surface area (Å²) < 4.78 is 1.05. The summed E-state index contributed by atoms with van der Waals surface area (Å²) in [6.45, 7) is 0.144. The van der Waals surface area contributed by atoms with Gasteiger partial charge in [-0.2, -0.15) is 0 Å². The Labute approximate surface area is 127 Å². The van der Waals surface area contributed by atoms with Crippen molar-refractivity contribution in [2.24, 2.45) is 5.92 Å². The normalized spacial score (nSPS) is 20.4. The lowest BCUT2D eigenvalue weighted by Crippen LogP contribution is -2.38. The molecule has 0 aliphatic heterocycles. The van der Waals surface area contributed by atoms with Gasteiger partial charge in [-0.25, -0.2) is 0 Å². The van der Waals surface area contributed by atoms with Crippen molar-refractivity contribution in [2.75, 3.05) is 27.7 Å². The fraction of sp³-hybridized carbons (Fsp3) is 0.467. The third-order valence-corrected chi connectivity index (χ3v) is 4.38. The van der Waals surface area contributed by atoms with E-state index in [1.807, 2.05) is 24.3 Å². The highest BCUT2D eigenvalue weighted by molar-refractivity contribution is 9.10. The molecule has 0 heterocycles. The number of carbonyl (C=O) groups is 2. The first-order chi connectivity index (χ1) is 9.41. The second-order valence-corrected chi connectivity index (χ2v) is 6.31. The van der Waals surface area contributed by atoms with Crippen molar-refractivity contribution in [3.8, 4) is 0 Å². The van der Waals surface area contributed by atoms with E-state index in [-0.39, 0.29) is 30.2 Å². The van der Waals surface area contributed by atoms with Crippen LogP contribution < -0.4 is 0 Å². The lowest BCUT2D eigenvalue weighted by Gasteiger charge is -2.19. The molecule has 0 bridgehead atoms. The van der Waals surface area contributed by atoms with Crippen LogP contribution in [0.1, 0.15) is 17.9 Å². The molecule has 1 aromatic carbocycles. The lowest BCUT2D eigenvalue weighted by molar-refractivity contribution is -0.138. The van der Waals surface area contributed by atoms with E-state index in [4.69, 9.17) is 0 Å². The molecule has 1 saturated carbocycles. The summed E-state index contributed by atoms with van der Waals surface area (Å²) in [5.74, 6) is 0.281. The summed E-state index contributed by atoms with van der Waals surface area (Å²) >= 11 is 3.52. The number of amides is 2. The van der Waals surface area contributed by atoms with Crippen LogP contribution in [0.4, 0.5) is 0 Å². The third-order valence-electron chi connectivity index (χ3n) is 3.66. The largest absolute Gasteiger partial charge is 0.347 e. The van der Waals surface area contributed by atoms with Gasteiger partial charge in [0.25, 0.3) is 0 Å². The molecule has 0 unspecified atom stereocenters. The van der Waals surface area contributed by atoms with Gasteiger partial charge in [-0.3, -0.25) is 9.59 Å². The maximum absolute atomic E-state index is 12.3. The summed E-state index contributed by atoms with van der Waals surface area (Å²) in [5, 5.41) is 0. The van der Waals surface area contributed by atoms with Gasteiger partial charge in [0.1, 0.15) is 0 Å². The summed E-state index contributed by atoms with van der Waals surface area (Å²) in [7, 11) is 5.09. The molecule has 1 aliphatic carbocycles. The summed E-state index contributed by atoms with van der Waals surface area (Å²) in [5.41, 5.74) is 1.18. The van der Waals surface area contributed by atoms with Crippen molar-refractivity contribution in [1.82, 2.24) is 9.80 Å². The Morgan fingerprint density at radius 3 is 2.50 bits per heavy atom. The molecule has 5 heteroatoms. The molecule has 0 radical (unpaired) electrons. The topological polar surface area (TPSA) is 40.6 Å². The predicted molar refractivity (Wildman–Crippen MR) is 81.3 cm³/mol. The quantitative estimate of drug-likeness (QED) is 0.843. The van der Waals surface area contributed by atoms with Crippen molar-refractivity contribution in [2.45, 2.75) is 12.3 Å². The van der Waals surface area contributed by atoms with Crippen LogP contribution in [0.5, 0.6) is 0 Å². The fourth-order valence-corrected chi connectivity index (χ4v) is 2.87. The van der Waals surface area contributed by atoms with Gasteiger partial charge in [-0.1, -0.05) is 34.1 Å². The van der Waals surface area contributed by atoms with Gasteiger partial charge < -0.3 is 9.80 Å². The molecule has 0 spiro atoms. The molecule has 2 amide bonds. The minimum atomic E-state index is -0.0565. The highest BCUT2D eigenvalue weighted by Crippen LogP contribution is 2.50. The van der Waals surface area contributed by atoms with Gasteiger partial charge in [0.05, 0.1) is 6.54 Å². The highest BCUT2D eigenvalue weighted by atomic mass is 79.9. The summed E-state index contributed by atoms with van der Waals surface area (Å²) in [4.78, 5) is 27.0. The molecule has 2 rings (SSSR count). The number of nitrogens with zero attached hydrogens (tertiary/aromatic N) is 2. The van der Waals surface area contributed by atoms with Crippen LogP contribution in [0.15, 0.2) is 28.7 Å². The van der Waals surface area contributed by atoms with Crippen LogP contribution in [0.2, 0.25) is 0 Å². The molecule has 108 valence electrons. The molecule has 1 fully saturated rings. The molecular weight excluding hydrogens is 320 g/mol. The van der Waals surface area contributed by atoms with Crippen LogP contribution >= 0.6 is 15.9 Å². The SMILES string of the molecule is CN(C)C(=O)CN(C)C(=O)[C@@H]1C[C@H]1c1ccccc1Br. The van der Waals surface area contributed by atoms with Gasteiger partial charge >= 0.3 is 0 Å². The van der Waals surface area contributed by atoms with Gasteiger partial charge in [0.2, 0.25) is 11.8 Å². The number of rotatable bonds is 4. The molecule has 0 saturated heterocycles. The van der Waals surface area contributed by atoms with E-state index in [1.54, 1.807) is 21.1 Å². The van der Waals surface area contributed by atoms with Gasteiger partial charge in [0, 0.05) is 31.5 Å². The van der Waals surface area contributed by atoms with E-state index in [9.17, 15) is 9.59 Å². The highest BCUT2D eigenvalue weighted by Gasteiger charge is 2.46. The number of likely N-dealkylation sites (N-methyl/N-ethyl adjacent to an activating group) is 2. The number of benzene rings is 1. The maximum atomic E-state index is 12.3. The molecule has 1 aliphatic rings. The average Bonchev–Trinajstić information content (AvgIpc) is 3.18. The van der Waals surface area contributed by atoms with E-state index in [2.05, 4.69) is 15.9 Å². The Bertz CT molecular complexity index is 530. The second-order valence-electron chi connectivity index (χ2n) is 5.45. The zero-order valence-corrected chi connectivity index (χ0v) is 13.6. The molecule has 0 N–H and O–H groups in total. The maximum Gasteiger partial charge on any atom is 0.241 e. The molecular formula is C15H19BrN2O2.